The SMILES string of the molecule is CNC(C)CNS(=O)(=O)c1c(C)cc([N+](=O)[O-])cc1C. The van der Waals surface area contributed by atoms with Gasteiger partial charge in [-0.15, -0.1) is 0 Å². The van der Waals surface area contributed by atoms with Crippen molar-refractivity contribution in [3.63, 3.8) is 0 Å². The predicted octanol–water partition coefficient (Wildman–Crippen LogP) is 1.10. The topological polar surface area (TPSA) is 101 Å². The van der Waals surface area contributed by atoms with Gasteiger partial charge >= 0.3 is 0 Å². The van der Waals surface area contributed by atoms with Crippen LogP contribution in [0.25, 0.3) is 0 Å². The fourth-order valence-electron chi connectivity index (χ4n) is 1.87. The molecule has 0 saturated carbocycles. The van der Waals surface area contributed by atoms with Crippen molar-refractivity contribution >= 4 is 15.7 Å². The fourth-order valence-corrected chi connectivity index (χ4v) is 3.45. The maximum absolute atomic E-state index is 12.3. The predicted molar refractivity (Wildman–Crippen MR) is 76.3 cm³/mol. The monoisotopic (exact) mass is 301 g/mol. The molecule has 0 saturated heterocycles. The number of hydrogen-bond donors (Lipinski definition) is 2. The van der Waals surface area contributed by atoms with Crippen LogP contribution in [-0.4, -0.2) is 33.0 Å². The molecule has 7 nitrogen and oxygen atoms in total. The lowest BCUT2D eigenvalue weighted by atomic mass is 10.1. The van der Waals surface area contributed by atoms with E-state index >= 15 is 0 Å². The molecule has 1 atom stereocenters. The van der Waals surface area contributed by atoms with Crippen LogP contribution in [0.1, 0.15) is 18.1 Å². The summed E-state index contributed by atoms with van der Waals surface area (Å²) in [6, 6.07) is 2.52. The van der Waals surface area contributed by atoms with Crippen LogP contribution in [0.2, 0.25) is 0 Å². The summed E-state index contributed by atoms with van der Waals surface area (Å²) in [5.74, 6) is 0. The first-order chi connectivity index (χ1) is 9.19. The van der Waals surface area contributed by atoms with Crippen LogP contribution in [0.4, 0.5) is 5.69 Å². The van der Waals surface area contributed by atoms with E-state index in [1.165, 1.54) is 12.1 Å². The molecule has 20 heavy (non-hydrogen) atoms. The van der Waals surface area contributed by atoms with Crippen molar-refractivity contribution in [1.29, 1.82) is 0 Å². The quantitative estimate of drug-likeness (QED) is 0.605. The second-order valence-corrected chi connectivity index (χ2v) is 6.41. The maximum atomic E-state index is 12.3. The molecule has 0 aliphatic rings. The summed E-state index contributed by atoms with van der Waals surface area (Å²) < 4.78 is 27.0. The molecule has 0 amide bonds. The largest absolute Gasteiger partial charge is 0.316 e. The number of rotatable bonds is 6. The number of nitro benzene ring substituents is 1. The number of nitro groups is 1. The van der Waals surface area contributed by atoms with Crippen molar-refractivity contribution < 1.29 is 13.3 Å². The molecule has 2 N–H and O–H groups in total. The van der Waals surface area contributed by atoms with Gasteiger partial charge in [-0.2, -0.15) is 0 Å². The van der Waals surface area contributed by atoms with Crippen molar-refractivity contribution in [2.45, 2.75) is 31.7 Å². The van der Waals surface area contributed by atoms with Crippen LogP contribution in [-0.2, 0) is 10.0 Å². The molecule has 1 aromatic carbocycles. The molecule has 0 bridgehead atoms. The van der Waals surface area contributed by atoms with Gasteiger partial charge in [0.15, 0.2) is 0 Å². The lowest BCUT2D eigenvalue weighted by molar-refractivity contribution is -0.385. The molecule has 0 radical (unpaired) electrons. The number of non-ortho nitro benzene ring substituents is 1. The standard InChI is InChI=1S/C12H19N3O4S/c1-8-5-11(15(16)17)6-9(2)12(8)20(18,19)14-7-10(3)13-4/h5-6,10,13-14H,7H2,1-4H3. The second kappa shape index (κ2) is 6.29. The average Bonchev–Trinajstić information content (AvgIpc) is 2.34. The number of hydrogen-bond acceptors (Lipinski definition) is 5. The Bertz CT molecular complexity index is 590. The minimum Gasteiger partial charge on any atom is -0.316 e. The Hall–Kier alpha value is -1.51. The van der Waals surface area contributed by atoms with Crippen LogP contribution < -0.4 is 10.0 Å². The summed E-state index contributed by atoms with van der Waals surface area (Å²) in [7, 11) is -1.94. The van der Waals surface area contributed by atoms with Crippen molar-refractivity contribution in [2.75, 3.05) is 13.6 Å². The lowest BCUT2D eigenvalue weighted by Crippen LogP contribution is -2.37. The molecule has 1 aromatic rings. The summed E-state index contributed by atoms with van der Waals surface area (Å²) >= 11 is 0. The highest BCUT2D eigenvalue weighted by Gasteiger charge is 2.22. The van der Waals surface area contributed by atoms with E-state index in [1.54, 1.807) is 20.9 Å². The highest BCUT2D eigenvalue weighted by Crippen LogP contribution is 2.25. The van der Waals surface area contributed by atoms with Gasteiger partial charge in [0.2, 0.25) is 10.0 Å². The molecule has 0 aliphatic carbocycles. The lowest BCUT2D eigenvalue weighted by Gasteiger charge is -2.15. The third-order valence-electron chi connectivity index (χ3n) is 3.00. The summed E-state index contributed by atoms with van der Waals surface area (Å²) in [4.78, 5) is 10.3. The highest BCUT2D eigenvalue weighted by atomic mass is 32.2. The minimum absolute atomic E-state index is 0.0107. The second-order valence-electron chi connectivity index (χ2n) is 4.71. The fraction of sp³-hybridized carbons (Fsp3) is 0.500. The Labute approximate surface area is 118 Å². The molecule has 0 spiro atoms. The third kappa shape index (κ3) is 3.75. The van der Waals surface area contributed by atoms with Crippen molar-refractivity contribution in [1.82, 2.24) is 10.0 Å². The molecule has 112 valence electrons. The Morgan fingerprint density at radius 1 is 1.30 bits per heavy atom. The number of sulfonamides is 1. The zero-order chi connectivity index (χ0) is 15.5. The summed E-state index contributed by atoms with van der Waals surface area (Å²) in [5, 5.41) is 13.7. The first-order valence-corrected chi connectivity index (χ1v) is 7.60. The van der Waals surface area contributed by atoms with E-state index in [0.29, 0.717) is 11.1 Å². The van der Waals surface area contributed by atoms with E-state index in [4.69, 9.17) is 0 Å². The molecule has 1 rings (SSSR count). The zero-order valence-corrected chi connectivity index (χ0v) is 12.7. The molecular weight excluding hydrogens is 282 g/mol. The van der Waals surface area contributed by atoms with Crippen LogP contribution in [0.3, 0.4) is 0 Å². The van der Waals surface area contributed by atoms with Crippen LogP contribution in [0.15, 0.2) is 17.0 Å². The van der Waals surface area contributed by atoms with Gasteiger partial charge < -0.3 is 5.32 Å². The van der Waals surface area contributed by atoms with Crippen LogP contribution >= 0.6 is 0 Å². The van der Waals surface area contributed by atoms with Crippen molar-refractivity contribution in [3.8, 4) is 0 Å². The van der Waals surface area contributed by atoms with Crippen LogP contribution in [0.5, 0.6) is 0 Å². The van der Waals surface area contributed by atoms with Gasteiger partial charge in [0.25, 0.3) is 5.69 Å². The van der Waals surface area contributed by atoms with Gasteiger partial charge in [0.1, 0.15) is 0 Å². The van der Waals surface area contributed by atoms with Gasteiger partial charge in [-0.25, -0.2) is 13.1 Å². The van der Waals surface area contributed by atoms with E-state index < -0.39 is 14.9 Å². The first kappa shape index (κ1) is 16.5. The Balaban J connectivity index is 3.16. The molecule has 1 unspecified atom stereocenters. The van der Waals surface area contributed by atoms with E-state index in [0.717, 1.165) is 0 Å². The summed E-state index contributed by atoms with van der Waals surface area (Å²) in [6.07, 6.45) is 0. The Morgan fingerprint density at radius 2 is 1.80 bits per heavy atom. The Morgan fingerprint density at radius 3 is 2.20 bits per heavy atom. The van der Waals surface area contributed by atoms with Gasteiger partial charge in [0.05, 0.1) is 9.82 Å². The van der Waals surface area contributed by atoms with Gasteiger partial charge in [0, 0.05) is 24.7 Å². The number of nitrogens with zero attached hydrogens (tertiary/aromatic N) is 1. The molecular formula is C12H19N3O4S. The van der Waals surface area contributed by atoms with Gasteiger partial charge in [-0.1, -0.05) is 0 Å². The third-order valence-corrected chi connectivity index (χ3v) is 4.73. The zero-order valence-electron chi connectivity index (χ0n) is 11.9. The molecule has 0 fully saturated rings. The number of aryl methyl sites for hydroxylation is 2. The molecule has 0 aromatic heterocycles. The number of benzene rings is 1. The normalized spacial score (nSPS) is 13.2. The molecule has 8 heteroatoms. The van der Waals surface area contributed by atoms with Crippen molar-refractivity contribution in [2.24, 2.45) is 0 Å². The highest BCUT2D eigenvalue weighted by molar-refractivity contribution is 7.89. The average molecular weight is 301 g/mol. The summed E-state index contributed by atoms with van der Waals surface area (Å²) in [5.41, 5.74) is 0.616. The molecule has 0 aliphatic heterocycles. The van der Waals surface area contributed by atoms with Gasteiger partial charge in [-0.05, 0) is 38.9 Å². The van der Waals surface area contributed by atoms with E-state index in [2.05, 4.69) is 10.0 Å². The minimum atomic E-state index is -3.68. The smallest absolute Gasteiger partial charge is 0.270 e. The number of nitrogens with one attached hydrogen (secondary N) is 2. The summed E-state index contributed by atoms with van der Waals surface area (Å²) in [6.45, 7) is 5.19. The van der Waals surface area contributed by atoms with Gasteiger partial charge in [-0.3, -0.25) is 10.1 Å². The van der Waals surface area contributed by atoms with Crippen molar-refractivity contribution in [3.05, 3.63) is 33.4 Å². The van der Waals surface area contributed by atoms with Crippen LogP contribution in [0, 0.1) is 24.0 Å². The van der Waals surface area contributed by atoms with E-state index in [9.17, 15) is 18.5 Å². The van der Waals surface area contributed by atoms with E-state index in [-0.39, 0.29) is 23.2 Å². The Kier molecular flexibility index (Phi) is 5.21. The first-order valence-electron chi connectivity index (χ1n) is 6.11. The van der Waals surface area contributed by atoms with E-state index in [1.807, 2.05) is 6.92 Å². The maximum Gasteiger partial charge on any atom is 0.270 e. The molecule has 0 heterocycles. The number of likely N-dealkylation sites (N-methyl/N-ethyl adjacent to an activating group) is 1.